The molecule has 0 saturated heterocycles. The van der Waals surface area contributed by atoms with Gasteiger partial charge in [-0.1, -0.05) is 54.2 Å². The minimum atomic E-state index is 0.166. The van der Waals surface area contributed by atoms with Gasteiger partial charge in [0.15, 0.2) is 0 Å². The molecular formula is C17H26BrNO. The van der Waals surface area contributed by atoms with Crippen molar-refractivity contribution in [3.63, 3.8) is 0 Å². The van der Waals surface area contributed by atoms with Gasteiger partial charge >= 0.3 is 0 Å². The molecule has 0 heterocycles. The zero-order chi connectivity index (χ0) is 14.2. The number of benzene rings is 1. The Bertz CT molecular complexity index is 392. The Labute approximate surface area is 131 Å². The number of rotatable bonds is 9. The lowest BCUT2D eigenvalue weighted by atomic mass is 9.83. The predicted octanol–water partition coefficient (Wildman–Crippen LogP) is 4.70. The van der Waals surface area contributed by atoms with Gasteiger partial charge in [-0.15, -0.1) is 0 Å². The van der Waals surface area contributed by atoms with Crippen LogP contribution in [-0.4, -0.2) is 19.7 Å². The van der Waals surface area contributed by atoms with Gasteiger partial charge in [0.25, 0.3) is 0 Å². The van der Waals surface area contributed by atoms with E-state index in [4.69, 9.17) is 4.74 Å². The van der Waals surface area contributed by atoms with Crippen LogP contribution in [0.2, 0.25) is 0 Å². The highest BCUT2D eigenvalue weighted by Crippen LogP contribution is 2.30. The second kappa shape index (κ2) is 8.81. The van der Waals surface area contributed by atoms with Gasteiger partial charge in [-0.3, -0.25) is 0 Å². The topological polar surface area (TPSA) is 21.3 Å². The first-order chi connectivity index (χ1) is 9.79. The first-order valence-electron chi connectivity index (χ1n) is 7.87. The fraction of sp³-hybridized carbons (Fsp3) is 0.647. The zero-order valence-corrected chi connectivity index (χ0v) is 14.0. The minimum Gasteiger partial charge on any atom is -0.372 e. The van der Waals surface area contributed by atoms with E-state index in [1.165, 1.54) is 31.2 Å². The third-order valence-electron chi connectivity index (χ3n) is 4.05. The molecule has 2 nitrogen and oxygen atoms in total. The second-order valence-electron chi connectivity index (χ2n) is 5.70. The van der Waals surface area contributed by atoms with Crippen LogP contribution in [0, 0.1) is 5.92 Å². The Morgan fingerprint density at radius 3 is 2.90 bits per heavy atom. The van der Waals surface area contributed by atoms with Crippen LogP contribution in [-0.2, 0) is 4.74 Å². The van der Waals surface area contributed by atoms with Crippen molar-refractivity contribution >= 4 is 15.9 Å². The first kappa shape index (κ1) is 16.0. The quantitative estimate of drug-likeness (QED) is 0.658. The van der Waals surface area contributed by atoms with Gasteiger partial charge in [-0.05, 0) is 43.0 Å². The Kier molecular flexibility index (Phi) is 7.05. The van der Waals surface area contributed by atoms with Gasteiger partial charge in [0, 0.05) is 17.6 Å². The van der Waals surface area contributed by atoms with Crippen molar-refractivity contribution in [2.75, 3.05) is 19.7 Å². The van der Waals surface area contributed by atoms with Crippen LogP contribution in [0.4, 0.5) is 0 Å². The molecule has 0 amide bonds. The van der Waals surface area contributed by atoms with Crippen LogP contribution >= 0.6 is 15.9 Å². The second-order valence-corrected chi connectivity index (χ2v) is 6.62. The number of ether oxygens (including phenoxy) is 1. The van der Waals surface area contributed by atoms with E-state index in [0.29, 0.717) is 0 Å². The van der Waals surface area contributed by atoms with Crippen LogP contribution in [0.25, 0.3) is 0 Å². The van der Waals surface area contributed by atoms with Crippen LogP contribution in [0.5, 0.6) is 0 Å². The van der Waals surface area contributed by atoms with Crippen LogP contribution in [0.3, 0.4) is 0 Å². The maximum atomic E-state index is 6.15. The van der Waals surface area contributed by atoms with Crippen LogP contribution in [0.15, 0.2) is 28.7 Å². The van der Waals surface area contributed by atoms with E-state index < -0.39 is 0 Å². The molecule has 1 atom stereocenters. The minimum absolute atomic E-state index is 0.166. The molecule has 1 saturated carbocycles. The molecule has 0 spiro atoms. The molecule has 1 aromatic carbocycles. The number of hydrogen-bond donors (Lipinski definition) is 1. The largest absolute Gasteiger partial charge is 0.372 e. The number of halogens is 1. The summed E-state index contributed by atoms with van der Waals surface area (Å²) in [7, 11) is 0. The molecule has 0 radical (unpaired) electrons. The van der Waals surface area contributed by atoms with Gasteiger partial charge in [-0.25, -0.2) is 0 Å². The van der Waals surface area contributed by atoms with Gasteiger partial charge < -0.3 is 10.1 Å². The molecule has 0 aliphatic heterocycles. The van der Waals surface area contributed by atoms with Gasteiger partial charge in [-0.2, -0.15) is 0 Å². The lowest BCUT2D eigenvalue weighted by Gasteiger charge is -2.26. The fourth-order valence-electron chi connectivity index (χ4n) is 2.55. The van der Waals surface area contributed by atoms with Gasteiger partial charge in [0.2, 0.25) is 0 Å². The summed E-state index contributed by atoms with van der Waals surface area (Å²) in [6.45, 7) is 5.03. The molecule has 112 valence electrons. The highest BCUT2D eigenvalue weighted by atomic mass is 79.9. The number of hydrogen-bond acceptors (Lipinski definition) is 2. The average molecular weight is 340 g/mol. The summed E-state index contributed by atoms with van der Waals surface area (Å²) in [5, 5.41) is 3.48. The normalized spacial score (nSPS) is 16.9. The van der Waals surface area contributed by atoms with E-state index in [2.05, 4.69) is 52.4 Å². The Morgan fingerprint density at radius 2 is 2.25 bits per heavy atom. The Balaban J connectivity index is 1.85. The molecule has 20 heavy (non-hydrogen) atoms. The summed E-state index contributed by atoms with van der Waals surface area (Å²) in [5.41, 5.74) is 1.26. The summed E-state index contributed by atoms with van der Waals surface area (Å²) in [5.74, 6) is 0.918. The van der Waals surface area contributed by atoms with Crippen molar-refractivity contribution < 1.29 is 4.74 Å². The van der Waals surface area contributed by atoms with E-state index in [-0.39, 0.29) is 6.10 Å². The molecule has 1 unspecified atom stereocenters. The lowest BCUT2D eigenvalue weighted by Crippen LogP contribution is -2.25. The third kappa shape index (κ3) is 5.19. The Hall–Kier alpha value is -0.380. The SMILES string of the molecule is CCCNCC(OCCC1CCC1)c1cccc(Br)c1. The van der Waals surface area contributed by atoms with Gasteiger partial charge in [0.05, 0.1) is 6.10 Å². The molecular weight excluding hydrogens is 314 g/mol. The van der Waals surface area contributed by atoms with Crippen LogP contribution < -0.4 is 5.32 Å². The van der Waals surface area contributed by atoms with E-state index in [0.717, 1.165) is 36.5 Å². The molecule has 1 aliphatic rings. The third-order valence-corrected chi connectivity index (χ3v) is 4.54. The molecule has 1 aromatic rings. The monoisotopic (exact) mass is 339 g/mol. The molecule has 3 heteroatoms. The van der Waals surface area contributed by atoms with Crippen LogP contribution in [0.1, 0.15) is 50.7 Å². The number of nitrogens with one attached hydrogen (secondary N) is 1. The smallest absolute Gasteiger partial charge is 0.0949 e. The summed E-state index contributed by atoms with van der Waals surface area (Å²) in [6.07, 6.45) is 6.76. The predicted molar refractivity (Wildman–Crippen MR) is 88.0 cm³/mol. The lowest BCUT2D eigenvalue weighted by molar-refractivity contribution is 0.0372. The molecule has 1 N–H and O–H groups in total. The summed E-state index contributed by atoms with van der Waals surface area (Å²) < 4.78 is 7.28. The highest BCUT2D eigenvalue weighted by Gasteiger charge is 2.18. The van der Waals surface area contributed by atoms with Crippen molar-refractivity contribution in [1.82, 2.24) is 5.32 Å². The molecule has 1 fully saturated rings. The highest BCUT2D eigenvalue weighted by molar-refractivity contribution is 9.10. The maximum Gasteiger partial charge on any atom is 0.0949 e. The summed E-state index contributed by atoms with van der Waals surface area (Å²) >= 11 is 3.55. The van der Waals surface area contributed by atoms with Crippen molar-refractivity contribution in [3.05, 3.63) is 34.3 Å². The molecule has 0 aromatic heterocycles. The maximum absolute atomic E-state index is 6.15. The van der Waals surface area contributed by atoms with E-state index in [9.17, 15) is 0 Å². The molecule has 2 rings (SSSR count). The van der Waals surface area contributed by atoms with Crippen molar-refractivity contribution in [1.29, 1.82) is 0 Å². The first-order valence-corrected chi connectivity index (χ1v) is 8.66. The fourth-order valence-corrected chi connectivity index (χ4v) is 2.97. The van der Waals surface area contributed by atoms with E-state index >= 15 is 0 Å². The summed E-state index contributed by atoms with van der Waals surface area (Å²) in [4.78, 5) is 0. The molecule has 0 bridgehead atoms. The molecule has 1 aliphatic carbocycles. The Morgan fingerprint density at radius 1 is 1.40 bits per heavy atom. The average Bonchev–Trinajstić information content (AvgIpc) is 2.39. The van der Waals surface area contributed by atoms with E-state index in [1.54, 1.807) is 0 Å². The summed E-state index contributed by atoms with van der Waals surface area (Å²) in [6, 6.07) is 8.48. The van der Waals surface area contributed by atoms with Gasteiger partial charge in [0.1, 0.15) is 0 Å². The van der Waals surface area contributed by atoms with Crippen molar-refractivity contribution in [3.8, 4) is 0 Å². The van der Waals surface area contributed by atoms with Crippen molar-refractivity contribution in [2.45, 2.75) is 45.1 Å². The standard InChI is InChI=1S/C17H26BrNO/c1-2-10-19-13-17(15-7-4-8-16(18)12-15)20-11-9-14-5-3-6-14/h4,7-8,12,14,17,19H,2-3,5-6,9-11,13H2,1H3. The van der Waals surface area contributed by atoms with Crippen molar-refractivity contribution in [2.24, 2.45) is 5.92 Å². The van der Waals surface area contributed by atoms with E-state index in [1.807, 2.05) is 0 Å². The zero-order valence-electron chi connectivity index (χ0n) is 12.4.